The van der Waals surface area contributed by atoms with Crippen LogP contribution in [0.2, 0.25) is 0 Å². The van der Waals surface area contributed by atoms with Gasteiger partial charge in [-0.15, -0.1) is 0 Å². The monoisotopic (exact) mass is 333 g/mol. The van der Waals surface area contributed by atoms with Crippen LogP contribution in [0, 0.1) is 0 Å². The Balaban J connectivity index is 0.00000225. The van der Waals surface area contributed by atoms with Gasteiger partial charge in [-0.05, 0) is 6.42 Å². The van der Waals surface area contributed by atoms with Gasteiger partial charge in [-0.2, -0.15) is 0 Å². The van der Waals surface area contributed by atoms with Crippen molar-refractivity contribution < 1.29 is 28.5 Å². The molecule has 0 atom stereocenters. The van der Waals surface area contributed by atoms with Crippen LogP contribution in [0.5, 0.6) is 0 Å². The van der Waals surface area contributed by atoms with Crippen molar-refractivity contribution in [2.24, 2.45) is 0 Å². The molecule has 0 aromatic carbocycles. The molecule has 0 fully saturated rings. The zero-order chi connectivity index (χ0) is 10.8. The first-order chi connectivity index (χ1) is 7.43. The van der Waals surface area contributed by atoms with Gasteiger partial charge in [0.1, 0.15) is 6.54 Å². The molecule has 0 N–H and O–H groups in total. The maximum absolute atomic E-state index is 2.27. The summed E-state index contributed by atoms with van der Waals surface area (Å²) in [5, 5.41) is 0. The molecule has 2 heteroatoms. The van der Waals surface area contributed by atoms with Gasteiger partial charge in [0.2, 0.25) is 0 Å². The fraction of sp³-hybridized carbons (Fsp3) is 0.643. The lowest BCUT2D eigenvalue weighted by Crippen LogP contribution is -3.00. The lowest BCUT2D eigenvalue weighted by atomic mass is 10.1. The summed E-state index contributed by atoms with van der Waals surface area (Å²) in [7, 11) is 0. The van der Waals surface area contributed by atoms with Crippen molar-refractivity contribution >= 4 is 0 Å². The highest BCUT2D eigenvalue weighted by Gasteiger charge is 1.97. The number of unbranched alkanes of at least 4 members (excludes halogenated alkanes) is 6. The third-order valence-electron chi connectivity index (χ3n) is 2.80. The SMILES string of the molecule is CCCCCCCCC[n+]1ccccc1.[I-]. The highest BCUT2D eigenvalue weighted by atomic mass is 127. The molecular weight excluding hydrogens is 309 g/mol. The number of aryl methyl sites for hydroxylation is 1. The maximum Gasteiger partial charge on any atom is 0.168 e. The summed E-state index contributed by atoms with van der Waals surface area (Å²) in [6.45, 7) is 3.45. The van der Waals surface area contributed by atoms with E-state index < -0.39 is 0 Å². The Hall–Kier alpha value is -0.120. The second kappa shape index (κ2) is 11.4. The van der Waals surface area contributed by atoms with Crippen molar-refractivity contribution in [1.82, 2.24) is 0 Å². The van der Waals surface area contributed by atoms with Crippen molar-refractivity contribution in [2.45, 2.75) is 58.4 Å². The predicted molar refractivity (Wildman–Crippen MR) is 64.6 cm³/mol. The van der Waals surface area contributed by atoms with Crippen LogP contribution in [-0.4, -0.2) is 0 Å². The number of hydrogen-bond donors (Lipinski definition) is 0. The maximum atomic E-state index is 2.27. The van der Waals surface area contributed by atoms with E-state index in [0.717, 1.165) is 0 Å². The predicted octanol–water partition coefficient (Wildman–Crippen LogP) is 0.729. The van der Waals surface area contributed by atoms with Crippen LogP contribution in [0.25, 0.3) is 0 Å². The quantitative estimate of drug-likeness (QED) is 0.375. The minimum Gasteiger partial charge on any atom is -1.00 e. The fourth-order valence-electron chi connectivity index (χ4n) is 1.83. The van der Waals surface area contributed by atoms with Crippen LogP contribution < -0.4 is 28.5 Å². The molecule has 1 aromatic rings. The third kappa shape index (κ3) is 8.08. The lowest BCUT2D eigenvalue weighted by molar-refractivity contribution is -0.697. The Morgan fingerprint density at radius 1 is 0.750 bits per heavy atom. The van der Waals surface area contributed by atoms with Crippen molar-refractivity contribution in [2.75, 3.05) is 0 Å². The summed E-state index contributed by atoms with van der Waals surface area (Å²) in [5.74, 6) is 0. The topological polar surface area (TPSA) is 3.88 Å². The zero-order valence-electron chi connectivity index (χ0n) is 10.4. The molecule has 0 saturated heterocycles. The van der Waals surface area contributed by atoms with Gasteiger partial charge >= 0.3 is 0 Å². The molecule has 0 saturated carbocycles. The van der Waals surface area contributed by atoms with Gasteiger partial charge in [0, 0.05) is 18.6 Å². The Morgan fingerprint density at radius 2 is 1.31 bits per heavy atom. The number of rotatable bonds is 8. The van der Waals surface area contributed by atoms with E-state index in [4.69, 9.17) is 0 Å². The largest absolute Gasteiger partial charge is 1.00 e. The third-order valence-corrected chi connectivity index (χ3v) is 2.80. The first-order valence-electron chi connectivity index (χ1n) is 6.37. The molecule has 1 heterocycles. The van der Waals surface area contributed by atoms with Gasteiger partial charge in [0.05, 0.1) is 0 Å². The van der Waals surface area contributed by atoms with Crippen molar-refractivity contribution in [3.05, 3.63) is 30.6 Å². The summed E-state index contributed by atoms with van der Waals surface area (Å²) in [6.07, 6.45) is 14.0. The molecule has 0 unspecified atom stereocenters. The average Bonchev–Trinajstić information content (AvgIpc) is 2.29. The summed E-state index contributed by atoms with van der Waals surface area (Å²) in [4.78, 5) is 0. The molecule has 0 radical (unpaired) electrons. The molecule has 16 heavy (non-hydrogen) atoms. The molecular formula is C14H24IN. The Kier molecular flexibility index (Phi) is 11.3. The average molecular weight is 333 g/mol. The molecule has 0 amide bonds. The van der Waals surface area contributed by atoms with Crippen LogP contribution in [0.15, 0.2) is 30.6 Å². The summed E-state index contributed by atoms with van der Waals surface area (Å²) in [6, 6.07) is 6.27. The van der Waals surface area contributed by atoms with E-state index in [1.165, 1.54) is 51.5 Å². The Morgan fingerprint density at radius 3 is 1.94 bits per heavy atom. The molecule has 92 valence electrons. The number of hydrogen-bond acceptors (Lipinski definition) is 0. The lowest BCUT2D eigenvalue weighted by Gasteiger charge is -1.99. The smallest absolute Gasteiger partial charge is 0.168 e. The van der Waals surface area contributed by atoms with Gasteiger partial charge in [-0.3, -0.25) is 0 Å². The molecule has 1 rings (SSSR count). The highest BCUT2D eigenvalue weighted by molar-refractivity contribution is 4.83. The summed E-state index contributed by atoms with van der Waals surface area (Å²) >= 11 is 0. The van der Waals surface area contributed by atoms with Crippen molar-refractivity contribution in [1.29, 1.82) is 0 Å². The van der Waals surface area contributed by atoms with E-state index in [1.54, 1.807) is 0 Å². The normalized spacial score (nSPS) is 9.81. The number of pyridine rings is 1. The van der Waals surface area contributed by atoms with Crippen LogP contribution in [0.1, 0.15) is 51.9 Å². The van der Waals surface area contributed by atoms with Crippen molar-refractivity contribution in [3.63, 3.8) is 0 Å². The first kappa shape index (κ1) is 15.9. The van der Waals surface area contributed by atoms with Gasteiger partial charge < -0.3 is 24.0 Å². The van der Waals surface area contributed by atoms with Crippen LogP contribution in [-0.2, 0) is 6.54 Å². The molecule has 0 bridgehead atoms. The molecule has 1 nitrogen and oxygen atoms in total. The number of halogens is 1. The van der Waals surface area contributed by atoms with Crippen LogP contribution >= 0.6 is 0 Å². The van der Waals surface area contributed by atoms with Gasteiger partial charge in [0.25, 0.3) is 0 Å². The van der Waals surface area contributed by atoms with E-state index in [1.807, 2.05) is 0 Å². The van der Waals surface area contributed by atoms with Crippen molar-refractivity contribution in [3.8, 4) is 0 Å². The molecule has 0 aliphatic carbocycles. The Bertz CT molecular complexity index is 236. The standard InChI is InChI=1S/C14H24N.HI/c1-2-3-4-5-6-7-9-12-15-13-10-8-11-14-15;/h8,10-11,13-14H,2-7,9,12H2,1H3;1H/q+1;/p-1. The summed E-state index contributed by atoms with van der Waals surface area (Å²) in [5.41, 5.74) is 0. The van der Waals surface area contributed by atoms with Crippen LogP contribution in [0.3, 0.4) is 0 Å². The minimum absolute atomic E-state index is 0. The van der Waals surface area contributed by atoms with E-state index in [9.17, 15) is 0 Å². The molecule has 0 aliphatic rings. The Labute approximate surface area is 117 Å². The van der Waals surface area contributed by atoms with E-state index >= 15 is 0 Å². The number of aromatic nitrogens is 1. The second-order valence-corrected chi connectivity index (χ2v) is 4.23. The van der Waals surface area contributed by atoms with Gasteiger partial charge in [-0.25, -0.2) is 4.57 Å². The molecule has 1 aromatic heterocycles. The fourth-order valence-corrected chi connectivity index (χ4v) is 1.83. The zero-order valence-corrected chi connectivity index (χ0v) is 12.5. The molecule has 0 aliphatic heterocycles. The van der Waals surface area contributed by atoms with E-state index in [-0.39, 0.29) is 24.0 Å². The van der Waals surface area contributed by atoms with E-state index in [0.29, 0.717) is 0 Å². The van der Waals surface area contributed by atoms with Gasteiger partial charge in [-0.1, -0.05) is 45.1 Å². The first-order valence-corrected chi connectivity index (χ1v) is 6.37. The number of nitrogens with zero attached hydrogens (tertiary/aromatic N) is 1. The van der Waals surface area contributed by atoms with Crippen LogP contribution in [0.4, 0.5) is 0 Å². The summed E-state index contributed by atoms with van der Waals surface area (Å²) < 4.78 is 2.27. The highest BCUT2D eigenvalue weighted by Crippen LogP contribution is 2.06. The molecule has 0 spiro atoms. The van der Waals surface area contributed by atoms with E-state index in [2.05, 4.69) is 42.1 Å². The second-order valence-electron chi connectivity index (χ2n) is 4.23. The van der Waals surface area contributed by atoms with Gasteiger partial charge in [0.15, 0.2) is 12.4 Å². The minimum atomic E-state index is 0.